The largest absolute Gasteiger partial charge is 0.508 e. The number of carbonyl (C=O) groups excluding carboxylic acids is 1. The minimum absolute atomic E-state index is 0.189. The molecule has 0 spiro atoms. The third-order valence-electron chi connectivity index (χ3n) is 7.82. The van der Waals surface area contributed by atoms with E-state index in [0.717, 1.165) is 18.4 Å². The third kappa shape index (κ3) is 8.98. The number of carbonyl (C=O) groups is 1. The maximum Gasteiger partial charge on any atom is 0.313 e. The molecule has 1 rings (SSSR count). The van der Waals surface area contributed by atoms with Crippen molar-refractivity contribution >= 4 is 5.97 Å². The van der Waals surface area contributed by atoms with Crippen LogP contribution in [0.25, 0.3) is 0 Å². The van der Waals surface area contributed by atoms with Crippen LogP contribution in [0.2, 0.25) is 0 Å². The Morgan fingerprint density at radius 2 is 1.30 bits per heavy atom. The molecule has 0 saturated carbocycles. The van der Waals surface area contributed by atoms with Crippen molar-refractivity contribution in [1.82, 2.24) is 0 Å². The van der Waals surface area contributed by atoms with Gasteiger partial charge in [0.05, 0.1) is 12.5 Å². The summed E-state index contributed by atoms with van der Waals surface area (Å²) in [5.41, 5.74) is 1.57. The Bertz CT molecular complexity index is 662. The molecule has 0 amide bonds. The zero-order chi connectivity index (χ0) is 25.1. The topological polar surface area (TPSA) is 46.5 Å². The van der Waals surface area contributed by atoms with E-state index in [-0.39, 0.29) is 33.9 Å². The van der Waals surface area contributed by atoms with Gasteiger partial charge in [-0.2, -0.15) is 0 Å². The van der Waals surface area contributed by atoms with Gasteiger partial charge in [-0.1, -0.05) is 99.1 Å². The number of unbranched alkanes of at least 4 members (excludes halogenated alkanes) is 6. The lowest BCUT2D eigenvalue weighted by Crippen LogP contribution is -2.46. The van der Waals surface area contributed by atoms with Crippen molar-refractivity contribution in [2.45, 2.75) is 126 Å². The fourth-order valence-electron chi connectivity index (χ4n) is 5.68. The number of phenolic OH excluding ortho intramolecular Hbond substituents is 1. The molecule has 0 aliphatic rings. The fourth-order valence-corrected chi connectivity index (χ4v) is 5.68. The van der Waals surface area contributed by atoms with Crippen molar-refractivity contribution in [2.24, 2.45) is 16.2 Å². The van der Waals surface area contributed by atoms with Crippen LogP contribution in [-0.2, 0) is 9.53 Å². The minimum atomic E-state index is -0.318. The van der Waals surface area contributed by atoms with E-state index in [1.807, 2.05) is 6.92 Å². The van der Waals surface area contributed by atoms with Crippen LogP contribution in [0.3, 0.4) is 0 Å². The number of aromatic hydroxyl groups is 1. The first-order chi connectivity index (χ1) is 15.4. The summed E-state index contributed by atoms with van der Waals surface area (Å²) in [7, 11) is 0. The molecule has 1 unspecified atom stereocenters. The highest BCUT2D eigenvalue weighted by Gasteiger charge is 2.48. The summed E-state index contributed by atoms with van der Waals surface area (Å²) in [4.78, 5) is 12.5. The predicted molar refractivity (Wildman–Crippen MR) is 141 cm³/mol. The molecule has 0 radical (unpaired) electrons. The molecular formula is C30H52O3. The second-order valence-electron chi connectivity index (χ2n) is 12.0. The maximum atomic E-state index is 12.5. The standard InChI is InChI=1S/C30H52O3/c1-9-10-11-12-13-14-21-30(28(3,4)5,29(6,7)8)22-15-16-23-33-27(32)24(2)25-17-19-26(31)20-18-25/h17-20,24,31H,9-16,21-23H2,1-8H3. The number of benzene rings is 1. The van der Waals surface area contributed by atoms with Crippen molar-refractivity contribution in [3.63, 3.8) is 0 Å². The van der Waals surface area contributed by atoms with Crippen molar-refractivity contribution in [3.05, 3.63) is 29.8 Å². The molecule has 33 heavy (non-hydrogen) atoms. The lowest BCUT2D eigenvalue weighted by atomic mass is 9.50. The van der Waals surface area contributed by atoms with Crippen molar-refractivity contribution < 1.29 is 14.6 Å². The highest BCUT2D eigenvalue weighted by molar-refractivity contribution is 5.77. The average Bonchev–Trinajstić information content (AvgIpc) is 2.72. The van der Waals surface area contributed by atoms with E-state index in [1.54, 1.807) is 24.3 Å². The van der Waals surface area contributed by atoms with Crippen molar-refractivity contribution in [2.75, 3.05) is 6.61 Å². The summed E-state index contributed by atoms with van der Waals surface area (Å²) < 4.78 is 5.61. The Kier molecular flexibility index (Phi) is 12.0. The van der Waals surface area contributed by atoms with Crippen LogP contribution in [0.5, 0.6) is 5.75 Å². The fraction of sp³-hybridized carbons (Fsp3) is 0.767. The van der Waals surface area contributed by atoms with Crippen LogP contribution < -0.4 is 0 Å². The van der Waals surface area contributed by atoms with Crippen LogP contribution >= 0.6 is 0 Å². The van der Waals surface area contributed by atoms with Gasteiger partial charge in [-0.25, -0.2) is 0 Å². The van der Waals surface area contributed by atoms with Gasteiger partial charge in [0.2, 0.25) is 0 Å². The van der Waals surface area contributed by atoms with Gasteiger partial charge in [0.15, 0.2) is 0 Å². The van der Waals surface area contributed by atoms with Gasteiger partial charge in [-0.3, -0.25) is 4.79 Å². The van der Waals surface area contributed by atoms with E-state index in [2.05, 4.69) is 48.5 Å². The molecule has 1 aromatic carbocycles. The first-order valence-corrected chi connectivity index (χ1v) is 13.3. The molecule has 0 aromatic heterocycles. The molecule has 0 bridgehead atoms. The van der Waals surface area contributed by atoms with Crippen LogP contribution in [-0.4, -0.2) is 17.7 Å². The zero-order valence-corrected chi connectivity index (χ0v) is 22.9. The summed E-state index contributed by atoms with van der Waals surface area (Å²) in [6.07, 6.45) is 12.4. The van der Waals surface area contributed by atoms with Gasteiger partial charge in [0.1, 0.15) is 5.75 Å². The van der Waals surface area contributed by atoms with Crippen LogP contribution in [0.1, 0.15) is 131 Å². The maximum absolute atomic E-state index is 12.5. The molecule has 3 nitrogen and oxygen atoms in total. The number of hydrogen-bond donors (Lipinski definition) is 1. The van der Waals surface area contributed by atoms with Crippen LogP contribution in [0.15, 0.2) is 24.3 Å². The summed E-state index contributed by atoms with van der Waals surface area (Å²) >= 11 is 0. The Balaban J connectivity index is 2.62. The van der Waals surface area contributed by atoms with E-state index in [9.17, 15) is 9.90 Å². The Morgan fingerprint density at radius 3 is 1.82 bits per heavy atom. The van der Waals surface area contributed by atoms with Crippen molar-refractivity contribution in [1.29, 1.82) is 0 Å². The second-order valence-corrected chi connectivity index (χ2v) is 12.0. The molecule has 190 valence electrons. The van der Waals surface area contributed by atoms with Gasteiger partial charge < -0.3 is 9.84 Å². The molecule has 1 N–H and O–H groups in total. The second kappa shape index (κ2) is 13.4. The van der Waals surface area contributed by atoms with E-state index in [0.29, 0.717) is 6.61 Å². The molecule has 1 atom stereocenters. The predicted octanol–water partition coefficient (Wildman–Crippen LogP) is 9.04. The Labute approximate surface area is 204 Å². The Hall–Kier alpha value is -1.51. The SMILES string of the molecule is CCCCCCCCC(CCCCOC(=O)C(C)c1ccc(O)cc1)(C(C)(C)C)C(C)(C)C. The van der Waals surface area contributed by atoms with E-state index in [1.165, 1.54) is 51.4 Å². The first-order valence-electron chi connectivity index (χ1n) is 13.3. The van der Waals surface area contributed by atoms with E-state index < -0.39 is 0 Å². The summed E-state index contributed by atoms with van der Waals surface area (Å²) in [5, 5.41) is 9.44. The molecule has 0 saturated heterocycles. The lowest BCUT2D eigenvalue weighted by Gasteiger charge is -2.55. The summed E-state index contributed by atoms with van der Waals surface area (Å²) in [5.74, 6) is -0.298. The van der Waals surface area contributed by atoms with Gasteiger partial charge >= 0.3 is 5.97 Å². The van der Waals surface area contributed by atoms with Gasteiger partial charge in [0.25, 0.3) is 0 Å². The molecule has 0 heterocycles. The van der Waals surface area contributed by atoms with Crippen LogP contribution in [0.4, 0.5) is 0 Å². The quantitative estimate of drug-likeness (QED) is 0.222. The highest BCUT2D eigenvalue weighted by Crippen LogP contribution is 2.57. The number of hydrogen-bond acceptors (Lipinski definition) is 3. The monoisotopic (exact) mass is 460 g/mol. The smallest absolute Gasteiger partial charge is 0.313 e. The molecule has 0 aliphatic heterocycles. The molecule has 3 heteroatoms. The number of rotatable bonds is 14. The zero-order valence-electron chi connectivity index (χ0n) is 22.9. The molecule has 0 fully saturated rings. The number of ether oxygens (including phenoxy) is 1. The normalized spacial score (nSPS) is 13.7. The lowest BCUT2D eigenvalue weighted by molar-refractivity contribution is -0.145. The van der Waals surface area contributed by atoms with Gasteiger partial charge in [0, 0.05) is 0 Å². The summed E-state index contributed by atoms with van der Waals surface area (Å²) in [6, 6.07) is 6.79. The van der Waals surface area contributed by atoms with Crippen LogP contribution in [0, 0.1) is 16.2 Å². The van der Waals surface area contributed by atoms with Gasteiger partial charge in [-0.15, -0.1) is 0 Å². The average molecular weight is 461 g/mol. The first kappa shape index (κ1) is 29.5. The number of esters is 1. The molecule has 1 aromatic rings. The van der Waals surface area contributed by atoms with Crippen molar-refractivity contribution in [3.8, 4) is 5.75 Å². The Morgan fingerprint density at radius 1 is 0.818 bits per heavy atom. The highest BCUT2D eigenvalue weighted by atomic mass is 16.5. The minimum Gasteiger partial charge on any atom is -0.508 e. The van der Waals surface area contributed by atoms with E-state index >= 15 is 0 Å². The molecular weight excluding hydrogens is 408 g/mol. The number of phenols is 1. The van der Waals surface area contributed by atoms with E-state index in [4.69, 9.17) is 4.74 Å². The summed E-state index contributed by atoms with van der Waals surface area (Å²) in [6.45, 7) is 19.1. The van der Waals surface area contributed by atoms with Gasteiger partial charge in [-0.05, 0) is 66.5 Å². The molecule has 0 aliphatic carbocycles. The third-order valence-corrected chi connectivity index (χ3v) is 7.82.